The maximum atomic E-state index is 9.62. The Morgan fingerprint density at radius 2 is 1.86 bits per heavy atom. The van der Waals surface area contributed by atoms with Gasteiger partial charge in [0.25, 0.3) is 0 Å². The predicted molar refractivity (Wildman–Crippen MR) is 50.9 cm³/mol. The molecule has 4 N–H and O–H groups in total. The lowest BCUT2D eigenvalue weighted by atomic mass is 9.69. The molecule has 1 aliphatic rings. The Labute approximate surface area is 82.8 Å². The van der Waals surface area contributed by atoms with Crippen molar-refractivity contribution in [2.75, 3.05) is 0 Å². The maximum absolute atomic E-state index is 9.62. The average molecular weight is 200 g/mol. The van der Waals surface area contributed by atoms with E-state index < -0.39 is 17.5 Å². The van der Waals surface area contributed by atoms with Crippen molar-refractivity contribution >= 4 is 0 Å². The van der Waals surface area contributed by atoms with Crippen molar-refractivity contribution in [2.24, 2.45) is 11.3 Å². The van der Waals surface area contributed by atoms with E-state index in [9.17, 15) is 10.2 Å². The molecule has 0 bridgehead atoms. The van der Waals surface area contributed by atoms with Crippen LogP contribution in [0.1, 0.15) is 13.8 Å². The molecular weight excluding hydrogens is 184 g/mol. The fourth-order valence-electron chi connectivity index (χ4n) is 1.57. The smallest absolute Gasteiger partial charge is 0.224 e. The first-order valence-electron chi connectivity index (χ1n) is 4.49. The van der Waals surface area contributed by atoms with Gasteiger partial charge >= 0.3 is 0 Å². The fraction of sp³-hybridized carbons (Fsp3) is 0.600. The van der Waals surface area contributed by atoms with Gasteiger partial charge in [-0.1, -0.05) is 38.2 Å². The van der Waals surface area contributed by atoms with E-state index in [0.29, 0.717) is 0 Å². The summed E-state index contributed by atoms with van der Waals surface area (Å²) in [4.78, 5) is 0. The summed E-state index contributed by atoms with van der Waals surface area (Å²) in [5.41, 5.74) is -1.10. The van der Waals surface area contributed by atoms with Gasteiger partial charge in [-0.3, -0.25) is 0 Å². The molecule has 0 aromatic carbocycles. The van der Waals surface area contributed by atoms with Crippen LogP contribution in [0, 0.1) is 11.3 Å². The minimum atomic E-state index is -2.55. The van der Waals surface area contributed by atoms with E-state index in [1.54, 1.807) is 38.2 Å². The Balaban J connectivity index is 3.06. The van der Waals surface area contributed by atoms with E-state index in [1.165, 1.54) is 0 Å². The van der Waals surface area contributed by atoms with Crippen LogP contribution in [0.4, 0.5) is 0 Å². The molecule has 0 spiro atoms. The highest BCUT2D eigenvalue weighted by atomic mass is 16.6. The molecule has 4 heteroatoms. The van der Waals surface area contributed by atoms with Gasteiger partial charge in [-0.15, -0.1) is 0 Å². The molecule has 0 aromatic heterocycles. The zero-order valence-corrected chi connectivity index (χ0v) is 8.25. The second kappa shape index (κ2) is 3.47. The van der Waals surface area contributed by atoms with E-state index in [2.05, 4.69) is 0 Å². The predicted octanol–water partition coefficient (Wildman–Crippen LogP) is -0.254. The molecule has 0 saturated heterocycles. The van der Waals surface area contributed by atoms with Crippen molar-refractivity contribution in [1.82, 2.24) is 0 Å². The van der Waals surface area contributed by atoms with Gasteiger partial charge in [-0.05, 0) is 5.92 Å². The monoisotopic (exact) mass is 200 g/mol. The highest BCUT2D eigenvalue weighted by Gasteiger charge is 2.52. The largest absolute Gasteiger partial charge is 0.364 e. The van der Waals surface area contributed by atoms with Crippen molar-refractivity contribution in [3.05, 3.63) is 24.3 Å². The summed E-state index contributed by atoms with van der Waals surface area (Å²) in [6.07, 6.45) is 4.60. The quantitative estimate of drug-likeness (QED) is 0.463. The Kier molecular flexibility index (Phi) is 2.83. The van der Waals surface area contributed by atoms with Gasteiger partial charge in [0.05, 0.1) is 5.41 Å². The van der Waals surface area contributed by atoms with Crippen LogP contribution in [0.2, 0.25) is 0 Å². The van der Waals surface area contributed by atoms with Crippen LogP contribution in [0.25, 0.3) is 0 Å². The van der Waals surface area contributed by atoms with Crippen molar-refractivity contribution in [3.8, 4) is 0 Å². The van der Waals surface area contributed by atoms with Crippen molar-refractivity contribution in [1.29, 1.82) is 0 Å². The summed E-state index contributed by atoms with van der Waals surface area (Å²) >= 11 is 0. The summed E-state index contributed by atoms with van der Waals surface area (Å²) in [5.74, 6) is -2.74. The number of hydrogen-bond donors (Lipinski definition) is 4. The first-order valence-corrected chi connectivity index (χ1v) is 4.49. The van der Waals surface area contributed by atoms with E-state index in [0.717, 1.165) is 0 Å². The molecule has 0 aromatic rings. The number of hydrogen-bond acceptors (Lipinski definition) is 4. The maximum Gasteiger partial charge on any atom is 0.224 e. The lowest BCUT2D eigenvalue weighted by molar-refractivity contribution is -0.334. The van der Waals surface area contributed by atoms with Gasteiger partial charge in [-0.2, -0.15) is 0 Å². The minimum absolute atomic E-state index is 0.190. The highest BCUT2D eigenvalue weighted by molar-refractivity contribution is 5.21. The Bertz CT molecular complexity index is 267. The standard InChI is InChI=1S/C10H16O4/c1-7-5-3-4-6-9(7,2)10(13,14)8(11)12/h3-8,11-14H,1-2H3. The summed E-state index contributed by atoms with van der Waals surface area (Å²) in [6, 6.07) is 0. The average Bonchev–Trinajstić information content (AvgIpc) is 2.09. The topological polar surface area (TPSA) is 80.9 Å². The van der Waals surface area contributed by atoms with Crippen molar-refractivity contribution in [2.45, 2.75) is 25.9 Å². The Hall–Kier alpha value is -0.680. The number of allylic oxidation sites excluding steroid dienone is 3. The van der Waals surface area contributed by atoms with Gasteiger partial charge in [0.1, 0.15) is 0 Å². The van der Waals surface area contributed by atoms with Gasteiger partial charge in [0.15, 0.2) is 0 Å². The second-order valence-electron chi connectivity index (χ2n) is 3.92. The Morgan fingerprint density at radius 3 is 2.29 bits per heavy atom. The number of aliphatic hydroxyl groups is 4. The molecule has 0 heterocycles. The van der Waals surface area contributed by atoms with Gasteiger partial charge < -0.3 is 20.4 Å². The van der Waals surface area contributed by atoms with Crippen LogP contribution in [-0.2, 0) is 0 Å². The van der Waals surface area contributed by atoms with Gasteiger partial charge in [-0.25, -0.2) is 0 Å². The summed E-state index contributed by atoms with van der Waals surface area (Å²) in [7, 11) is 0. The third-order valence-corrected chi connectivity index (χ3v) is 3.05. The second-order valence-corrected chi connectivity index (χ2v) is 3.92. The number of rotatable bonds is 2. The van der Waals surface area contributed by atoms with E-state index in [1.807, 2.05) is 0 Å². The molecule has 0 amide bonds. The lowest BCUT2D eigenvalue weighted by Crippen LogP contribution is -2.57. The molecular formula is C10H16O4. The summed E-state index contributed by atoms with van der Waals surface area (Å²) in [6.45, 7) is 3.35. The molecule has 1 aliphatic carbocycles. The summed E-state index contributed by atoms with van der Waals surface area (Å²) < 4.78 is 0. The van der Waals surface area contributed by atoms with E-state index in [-0.39, 0.29) is 5.92 Å². The van der Waals surface area contributed by atoms with Crippen LogP contribution in [-0.4, -0.2) is 32.5 Å². The van der Waals surface area contributed by atoms with Crippen LogP contribution in [0.5, 0.6) is 0 Å². The van der Waals surface area contributed by atoms with Crippen LogP contribution in [0.15, 0.2) is 24.3 Å². The molecule has 0 aliphatic heterocycles. The molecule has 2 unspecified atom stereocenters. The zero-order valence-electron chi connectivity index (χ0n) is 8.25. The SMILES string of the molecule is CC1C=CC=CC1(C)C(O)(O)C(O)O. The van der Waals surface area contributed by atoms with Crippen molar-refractivity contribution < 1.29 is 20.4 Å². The molecule has 0 radical (unpaired) electrons. The van der Waals surface area contributed by atoms with Gasteiger partial charge in [0.2, 0.25) is 12.1 Å². The molecule has 0 saturated carbocycles. The van der Waals surface area contributed by atoms with E-state index >= 15 is 0 Å². The third kappa shape index (κ3) is 1.50. The molecule has 2 atom stereocenters. The zero-order chi connectivity index (χ0) is 11.0. The molecule has 4 nitrogen and oxygen atoms in total. The minimum Gasteiger partial charge on any atom is -0.364 e. The molecule has 80 valence electrons. The van der Waals surface area contributed by atoms with Crippen LogP contribution >= 0.6 is 0 Å². The first kappa shape index (κ1) is 11.4. The molecule has 0 fully saturated rings. The van der Waals surface area contributed by atoms with E-state index in [4.69, 9.17) is 10.2 Å². The molecule has 14 heavy (non-hydrogen) atoms. The van der Waals surface area contributed by atoms with Crippen molar-refractivity contribution in [3.63, 3.8) is 0 Å². The van der Waals surface area contributed by atoms with Crippen LogP contribution in [0.3, 0.4) is 0 Å². The first-order chi connectivity index (χ1) is 6.32. The van der Waals surface area contributed by atoms with Crippen LogP contribution < -0.4 is 0 Å². The highest BCUT2D eigenvalue weighted by Crippen LogP contribution is 2.42. The molecule has 1 rings (SSSR count). The van der Waals surface area contributed by atoms with Gasteiger partial charge in [0, 0.05) is 0 Å². The lowest BCUT2D eigenvalue weighted by Gasteiger charge is -2.44. The Morgan fingerprint density at radius 1 is 1.29 bits per heavy atom. The third-order valence-electron chi connectivity index (χ3n) is 3.05. The fourth-order valence-corrected chi connectivity index (χ4v) is 1.57. The normalized spacial score (nSPS) is 32.6. The number of aliphatic hydroxyl groups excluding tert-OH is 1. The summed E-state index contributed by atoms with van der Waals surface area (Å²) in [5, 5.41) is 37.1.